The van der Waals surface area contributed by atoms with Crippen LogP contribution in [0.2, 0.25) is 5.02 Å². The van der Waals surface area contributed by atoms with E-state index >= 15 is 0 Å². The van der Waals surface area contributed by atoms with E-state index < -0.39 is 52.2 Å². The van der Waals surface area contributed by atoms with Crippen LogP contribution < -0.4 is 20.7 Å². The lowest BCUT2D eigenvalue weighted by Crippen LogP contribution is -2.59. The van der Waals surface area contributed by atoms with Crippen LogP contribution in [-0.4, -0.2) is 77.4 Å². The van der Waals surface area contributed by atoms with Crippen molar-refractivity contribution in [3.05, 3.63) is 88.7 Å². The van der Waals surface area contributed by atoms with Gasteiger partial charge >= 0.3 is 0 Å². The molecule has 0 unspecified atom stereocenters. The van der Waals surface area contributed by atoms with Gasteiger partial charge in [0.1, 0.15) is 34.8 Å². The number of hydrogen-bond donors (Lipinski definition) is 3. The van der Waals surface area contributed by atoms with Gasteiger partial charge in [0.2, 0.25) is 11.8 Å². The molecule has 3 aromatic carbocycles. The predicted octanol–water partition coefficient (Wildman–Crippen LogP) is 6.17. The molecule has 0 spiro atoms. The molecule has 1 saturated heterocycles. The maximum atomic E-state index is 14.8. The lowest BCUT2D eigenvalue weighted by molar-refractivity contribution is -0.143. The van der Waals surface area contributed by atoms with Crippen molar-refractivity contribution in [2.24, 2.45) is 5.41 Å². The van der Waals surface area contributed by atoms with Gasteiger partial charge in [-0.15, -0.1) is 12.4 Å². The van der Waals surface area contributed by atoms with E-state index in [1.54, 1.807) is 26.1 Å². The standard InChI is InChI=1S/C38H43ClF2N6O5.ClH/c1-21(42-5)36(49)46-34(38(2,3)4)37(50)47-18-24(52-19-22-10-8-7-9-11-22)16-29(47)30(48)15-23-14-25-28(17-31(23)51-6)43-20-44-35(25)45-27-13-12-26(40)32(39)33(27)41;/h7-14,17,20-21,24,29,34,42H,15-16,18-19H2,1-6H3,(H,46,49)(H,43,44,45);1H/t21-,24+,29-,34+;/m0./s1. The first-order chi connectivity index (χ1) is 24.7. The molecule has 284 valence electrons. The summed E-state index contributed by atoms with van der Waals surface area (Å²) in [5.74, 6) is -2.34. The number of carbonyl (C=O) groups is 3. The van der Waals surface area contributed by atoms with E-state index in [1.165, 1.54) is 24.4 Å². The summed E-state index contributed by atoms with van der Waals surface area (Å²) >= 11 is 5.80. The van der Waals surface area contributed by atoms with Crippen LogP contribution in [-0.2, 0) is 32.1 Å². The fourth-order valence-corrected chi connectivity index (χ4v) is 6.24. The van der Waals surface area contributed by atoms with Gasteiger partial charge in [-0.2, -0.15) is 0 Å². The third-order valence-corrected chi connectivity index (χ3v) is 9.51. The lowest BCUT2D eigenvalue weighted by Gasteiger charge is -2.36. The molecule has 2 amide bonds. The van der Waals surface area contributed by atoms with Crippen molar-refractivity contribution < 1.29 is 32.6 Å². The zero-order valence-electron chi connectivity index (χ0n) is 30.3. The van der Waals surface area contributed by atoms with Crippen molar-refractivity contribution in [1.82, 2.24) is 25.5 Å². The number of rotatable bonds is 13. The van der Waals surface area contributed by atoms with E-state index in [0.717, 1.165) is 11.6 Å². The molecule has 1 fully saturated rings. The van der Waals surface area contributed by atoms with Crippen molar-refractivity contribution >= 4 is 64.0 Å². The summed E-state index contributed by atoms with van der Waals surface area (Å²) < 4.78 is 40.6. The van der Waals surface area contributed by atoms with Crippen molar-refractivity contribution in [3.8, 4) is 5.75 Å². The number of fused-ring (bicyclic) bond motifs is 1. The summed E-state index contributed by atoms with van der Waals surface area (Å²) in [4.78, 5) is 51.8. The first-order valence-corrected chi connectivity index (χ1v) is 17.3. The van der Waals surface area contributed by atoms with E-state index in [4.69, 9.17) is 21.1 Å². The van der Waals surface area contributed by atoms with E-state index in [-0.39, 0.29) is 55.0 Å². The summed E-state index contributed by atoms with van der Waals surface area (Å²) in [5, 5.41) is 8.42. The summed E-state index contributed by atoms with van der Waals surface area (Å²) in [6, 6.07) is 12.8. The average Bonchev–Trinajstić information content (AvgIpc) is 3.57. The number of nitrogens with zero attached hydrogens (tertiary/aromatic N) is 3. The van der Waals surface area contributed by atoms with Crippen LogP contribution >= 0.6 is 24.0 Å². The fourth-order valence-electron chi connectivity index (χ4n) is 6.08. The van der Waals surface area contributed by atoms with Crippen molar-refractivity contribution in [1.29, 1.82) is 0 Å². The molecule has 1 aliphatic rings. The smallest absolute Gasteiger partial charge is 0.246 e. The highest BCUT2D eigenvalue weighted by atomic mass is 35.5. The molecule has 0 radical (unpaired) electrons. The van der Waals surface area contributed by atoms with E-state index in [2.05, 4.69) is 25.9 Å². The normalized spacial score (nSPS) is 16.8. The van der Waals surface area contributed by atoms with Gasteiger partial charge < -0.3 is 30.3 Å². The van der Waals surface area contributed by atoms with Gasteiger partial charge in [0.25, 0.3) is 0 Å². The predicted molar refractivity (Wildman–Crippen MR) is 202 cm³/mol. The molecule has 2 heterocycles. The summed E-state index contributed by atoms with van der Waals surface area (Å²) in [6.07, 6.45) is 0.918. The molecule has 53 heavy (non-hydrogen) atoms. The number of ether oxygens (including phenoxy) is 2. The minimum atomic E-state index is -0.988. The molecule has 3 N–H and O–H groups in total. The topological polar surface area (TPSA) is 135 Å². The number of likely N-dealkylation sites (N-methyl/N-ethyl adjacent to an activating group) is 1. The Balaban J connectivity index is 0.00000627. The zero-order chi connectivity index (χ0) is 37.7. The first kappa shape index (κ1) is 41.3. The van der Waals surface area contributed by atoms with Gasteiger partial charge in [-0.25, -0.2) is 18.7 Å². The average molecular weight is 774 g/mol. The van der Waals surface area contributed by atoms with Gasteiger partial charge in [0.05, 0.1) is 43.1 Å². The molecule has 0 aliphatic carbocycles. The van der Waals surface area contributed by atoms with Gasteiger partial charge in [-0.3, -0.25) is 14.4 Å². The van der Waals surface area contributed by atoms with Crippen LogP contribution in [0.1, 0.15) is 45.2 Å². The third kappa shape index (κ3) is 9.58. The second kappa shape index (κ2) is 17.6. The highest BCUT2D eigenvalue weighted by molar-refractivity contribution is 6.31. The Labute approximate surface area is 318 Å². The maximum Gasteiger partial charge on any atom is 0.246 e. The molecule has 1 aromatic heterocycles. The number of benzene rings is 3. The highest BCUT2D eigenvalue weighted by Crippen LogP contribution is 2.34. The fraction of sp³-hybridized carbons (Fsp3) is 0.395. The molecule has 15 heteroatoms. The van der Waals surface area contributed by atoms with Gasteiger partial charge in [-0.05, 0) is 43.1 Å². The van der Waals surface area contributed by atoms with Gasteiger partial charge in [0.15, 0.2) is 11.6 Å². The molecular weight excluding hydrogens is 729 g/mol. The Morgan fingerprint density at radius 1 is 1.08 bits per heavy atom. The molecule has 5 rings (SSSR count). The largest absolute Gasteiger partial charge is 0.496 e. The van der Waals surface area contributed by atoms with Gasteiger partial charge in [0, 0.05) is 36.4 Å². The van der Waals surface area contributed by atoms with Crippen LogP contribution in [0.4, 0.5) is 20.3 Å². The van der Waals surface area contributed by atoms with E-state index in [9.17, 15) is 23.2 Å². The summed E-state index contributed by atoms with van der Waals surface area (Å²) in [6.45, 7) is 7.71. The van der Waals surface area contributed by atoms with Crippen molar-refractivity contribution in [2.45, 2.75) is 71.4 Å². The van der Waals surface area contributed by atoms with Crippen molar-refractivity contribution in [2.75, 3.05) is 26.0 Å². The number of methoxy groups -OCH3 is 1. The number of ketones is 1. The van der Waals surface area contributed by atoms with E-state index in [1.807, 2.05) is 51.1 Å². The molecule has 11 nitrogen and oxygen atoms in total. The van der Waals surface area contributed by atoms with E-state index in [0.29, 0.717) is 28.8 Å². The number of nitrogens with one attached hydrogen (secondary N) is 3. The summed E-state index contributed by atoms with van der Waals surface area (Å²) in [5.41, 5.74) is 1.07. The first-order valence-electron chi connectivity index (χ1n) is 16.9. The molecule has 4 atom stereocenters. The molecule has 1 aliphatic heterocycles. The minimum Gasteiger partial charge on any atom is -0.496 e. The lowest BCUT2D eigenvalue weighted by atomic mass is 9.85. The quantitative estimate of drug-likeness (QED) is 0.136. The number of anilines is 2. The monoisotopic (exact) mass is 772 g/mol. The van der Waals surface area contributed by atoms with Gasteiger partial charge in [-0.1, -0.05) is 62.7 Å². The number of aromatic nitrogens is 2. The Kier molecular flexibility index (Phi) is 13.7. The zero-order valence-corrected chi connectivity index (χ0v) is 31.9. The maximum absolute atomic E-state index is 14.8. The minimum absolute atomic E-state index is 0. The van der Waals surface area contributed by atoms with Crippen LogP contribution in [0.5, 0.6) is 5.75 Å². The second-order valence-electron chi connectivity index (χ2n) is 13.9. The number of amides is 2. The number of likely N-dealkylation sites (tertiary alicyclic amines) is 1. The van der Waals surface area contributed by atoms with Crippen molar-refractivity contribution in [3.63, 3.8) is 0 Å². The molecule has 0 bridgehead atoms. The number of carbonyl (C=O) groups excluding carboxylic acids is 3. The number of hydrogen-bond acceptors (Lipinski definition) is 9. The molecule has 0 saturated carbocycles. The van der Waals surface area contributed by atoms with Crippen LogP contribution in [0.3, 0.4) is 0 Å². The summed E-state index contributed by atoms with van der Waals surface area (Å²) in [7, 11) is 3.12. The Morgan fingerprint density at radius 2 is 1.79 bits per heavy atom. The second-order valence-corrected chi connectivity index (χ2v) is 14.3. The number of Topliss-reactive ketones (excluding diaryl/α,β-unsaturated/α-hetero) is 1. The third-order valence-electron chi connectivity index (χ3n) is 9.16. The highest BCUT2D eigenvalue weighted by Gasteiger charge is 2.45. The molecular formula is C38H44Cl2F2N6O5. The Morgan fingerprint density at radius 3 is 2.45 bits per heavy atom. The Hall–Kier alpha value is -4.43. The van der Waals surface area contributed by atoms with Crippen LogP contribution in [0, 0.1) is 17.0 Å². The van der Waals surface area contributed by atoms with Crippen LogP contribution in [0.15, 0.2) is 60.9 Å². The molecule has 4 aromatic rings. The SMILES string of the molecule is CN[C@@H](C)C(=O)N[C@H](C(=O)N1C[C@H](OCc2ccccc2)C[C@H]1C(=O)Cc1cc2c(Nc3ccc(F)c(Cl)c3F)ncnc2cc1OC)C(C)(C)C.Cl. The number of halogens is 4. The Bertz CT molecular complexity index is 1950. The van der Waals surface area contributed by atoms with Crippen LogP contribution in [0.25, 0.3) is 10.9 Å².